The SMILES string of the molecule is COCc1cc(N)nc(-c2c(C)oc3ccccc23)n1. The largest absolute Gasteiger partial charge is 0.461 e. The van der Waals surface area contributed by atoms with Crippen molar-refractivity contribution in [3.8, 4) is 11.4 Å². The van der Waals surface area contributed by atoms with Gasteiger partial charge in [0.25, 0.3) is 0 Å². The minimum absolute atomic E-state index is 0.397. The van der Waals surface area contributed by atoms with Gasteiger partial charge in [-0.05, 0) is 13.0 Å². The maximum absolute atomic E-state index is 5.85. The van der Waals surface area contributed by atoms with Gasteiger partial charge in [-0.15, -0.1) is 0 Å². The number of anilines is 1. The number of furan rings is 1. The van der Waals surface area contributed by atoms with Gasteiger partial charge in [0.15, 0.2) is 5.82 Å². The van der Waals surface area contributed by atoms with Crippen LogP contribution in [0.2, 0.25) is 0 Å². The topological polar surface area (TPSA) is 74.2 Å². The van der Waals surface area contributed by atoms with Crippen LogP contribution in [0.4, 0.5) is 5.82 Å². The molecule has 0 fully saturated rings. The summed E-state index contributed by atoms with van der Waals surface area (Å²) in [6.07, 6.45) is 0. The smallest absolute Gasteiger partial charge is 0.165 e. The molecular formula is C15H15N3O2. The molecule has 3 aromatic rings. The maximum atomic E-state index is 5.85. The summed E-state index contributed by atoms with van der Waals surface area (Å²) in [5, 5.41) is 0.985. The quantitative estimate of drug-likeness (QED) is 0.791. The summed E-state index contributed by atoms with van der Waals surface area (Å²) in [6.45, 7) is 2.30. The predicted octanol–water partition coefficient (Wildman–Crippen LogP) is 2.93. The van der Waals surface area contributed by atoms with E-state index in [-0.39, 0.29) is 0 Å². The molecule has 0 aliphatic rings. The summed E-state index contributed by atoms with van der Waals surface area (Å²) < 4.78 is 10.8. The third-order valence-electron chi connectivity index (χ3n) is 3.09. The molecule has 0 atom stereocenters. The van der Waals surface area contributed by atoms with Gasteiger partial charge < -0.3 is 14.9 Å². The van der Waals surface area contributed by atoms with Crippen LogP contribution in [0.25, 0.3) is 22.4 Å². The Hall–Kier alpha value is -2.40. The summed E-state index contributed by atoms with van der Waals surface area (Å²) >= 11 is 0. The van der Waals surface area contributed by atoms with Crippen LogP contribution in [-0.4, -0.2) is 17.1 Å². The highest BCUT2D eigenvalue weighted by Crippen LogP contribution is 2.32. The Morgan fingerprint density at radius 3 is 2.85 bits per heavy atom. The Balaban J connectivity index is 2.22. The average molecular weight is 269 g/mol. The molecule has 0 unspecified atom stereocenters. The highest BCUT2D eigenvalue weighted by molar-refractivity contribution is 5.93. The number of nitrogen functional groups attached to an aromatic ring is 1. The fourth-order valence-corrected chi connectivity index (χ4v) is 2.30. The number of hydrogen-bond acceptors (Lipinski definition) is 5. The van der Waals surface area contributed by atoms with Crippen molar-refractivity contribution in [1.29, 1.82) is 0 Å². The molecule has 2 aromatic heterocycles. The number of benzene rings is 1. The van der Waals surface area contributed by atoms with Crippen molar-refractivity contribution in [3.63, 3.8) is 0 Å². The van der Waals surface area contributed by atoms with E-state index >= 15 is 0 Å². The molecule has 1 aromatic carbocycles. The first kappa shape index (κ1) is 12.6. The zero-order valence-electron chi connectivity index (χ0n) is 11.4. The molecule has 0 aliphatic heterocycles. The van der Waals surface area contributed by atoms with Gasteiger partial charge in [0.1, 0.15) is 17.2 Å². The van der Waals surface area contributed by atoms with Crippen molar-refractivity contribution in [2.24, 2.45) is 0 Å². The molecule has 0 aliphatic carbocycles. The second kappa shape index (κ2) is 4.94. The average Bonchev–Trinajstić information content (AvgIpc) is 2.74. The number of hydrogen-bond donors (Lipinski definition) is 1. The second-order valence-electron chi connectivity index (χ2n) is 4.57. The lowest BCUT2D eigenvalue weighted by Gasteiger charge is -2.05. The van der Waals surface area contributed by atoms with Crippen molar-refractivity contribution < 1.29 is 9.15 Å². The highest BCUT2D eigenvalue weighted by Gasteiger charge is 2.16. The van der Waals surface area contributed by atoms with E-state index in [1.807, 2.05) is 31.2 Å². The van der Waals surface area contributed by atoms with Gasteiger partial charge in [-0.25, -0.2) is 9.97 Å². The van der Waals surface area contributed by atoms with Crippen LogP contribution in [0, 0.1) is 6.92 Å². The first-order valence-electron chi connectivity index (χ1n) is 6.30. The summed E-state index contributed by atoms with van der Waals surface area (Å²) in [4.78, 5) is 8.82. The summed E-state index contributed by atoms with van der Waals surface area (Å²) in [5.74, 6) is 1.77. The number of ether oxygens (including phenoxy) is 1. The van der Waals surface area contributed by atoms with E-state index in [2.05, 4.69) is 9.97 Å². The maximum Gasteiger partial charge on any atom is 0.165 e. The normalized spacial score (nSPS) is 11.1. The second-order valence-corrected chi connectivity index (χ2v) is 4.57. The van der Waals surface area contributed by atoms with E-state index in [0.717, 1.165) is 28.0 Å². The van der Waals surface area contributed by atoms with Gasteiger partial charge in [0, 0.05) is 18.6 Å². The van der Waals surface area contributed by atoms with Crippen molar-refractivity contribution in [2.45, 2.75) is 13.5 Å². The Kier molecular flexibility index (Phi) is 3.12. The molecule has 102 valence electrons. The first-order valence-corrected chi connectivity index (χ1v) is 6.30. The molecular weight excluding hydrogens is 254 g/mol. The predicted molar refractivity (Wildman–Crippen MR) is 77.1 cm³/mol. The molecule has 2 heterocycles. The molecule has 5 heteroatoms. The molecule has 0 radical (unpaired) electrons. The molecule has 0 amide bonds. The minimum Gasteiger partial charge on any atom is -0.461 e. The molecule has 20 heavy (non-hydrogen) atoms. The molecule has 2 N–H and O–H groups in total. The van der Waals surface area contributed by atoms with Crippen molar-refractivity contribution in [3.05, 3.63) is 41.8 Å². The van der Waals surface area contributed by atoms with Crippen LogP contribution in [-0.2, 0) is 11.3 Å². The molecule has 0 saturated heterocycles. The monoisotopic (exact) mass is 269 g/mol. The number of nitrogens with zero attached hydrogens (tertiary/aromatic N) is 2. The number of para-hydroxylation sites is 1. The van der Waals surface area contributed by atoms with Gasteiger partial charge in [-0.2, -0.15) is 0 Å². The van der Waals surface area contributed by atoms with E-state index in [0.29, 0.717) is 18.2 Å². The number of fused-ring (bicyclic) bond motifs is 1. The summed E-state index contributed by atoms with van der Waals surface area (Å²) in [6, 6.07) is 9.53. The lowest BCUT2D eigenvalue weighted by Crippen LogP contribution is -2.01. The number of nitrogens with two attached hydrogens (primary N) is 1. The van der Waals surface area contributed by atoms with Crippen LogP contribution in [0.15, 0.2) is 34.7 Å². The van der Waals surface area contributed by atoms with E-state index in [1.54, 1.807) is 13.2 Å². The lowest BCUT2D eigenvalue weighted by molar-refractivity contribution is 0.181. The Bertz CT molecular complexity index is 765. The number of aromatic nitrogens is 2. The van der Waals surface area contributed by atoms with Crippen LogP contribution in [0.1, 0.15) is 11.5 Å². The van der Waals surface area contributed by atoms with Crippen molar-refractivity contribution in [1.82, 2.24) is 9.97 Å². The molecule has 0 saturated carbocycles. The Labute approximate surface area is 116 Å². The van der Waals surface area contributed by atoms with E-state index in [4.69, 9.17) is 14.9 Å². The molecule has 0 bridgehead atoms. The molecule has 0 spiro atoms. The van der Waals surface area contributed by atoms with Gasteiger partial charge in [0.2, 0.25) is 0 Å². The van der Waals surface area contributed by atoms with Crippen LogP contribution < -0.4 is 5.73 Å². The summed E-state index contributed by atoms with van der Waals surface area (Å²) in [5.41, 5.74) is 8.30. The van der Waals surface area contributed by atoms with Gasteiger partial charge in [0.05, 0.1) is 17.9 Å². The zero-order chi connectivity index (χ0) is 14.1. The number of rotatable bonds is 3. The van der Waals surface area contributed by atoms with Gasteiger partial charge in [-0.1, -0.05) is 18.2 Å². The third kappa shape index (κ3) is 2.12. The minimum atomic E-state index is 0.397. The van der Waals surface area contributed by atoms with Crippen LogP contribution >= 0.6 is 0 Å². The van der Waals surface area contributed by atoms with Crippen molar-refractivity contribution in [2.75, 3.05) is 12.8 Å². The van der Waals surface area contributed by atoms with Gasteiger partial charge >= 0.3 is 0 Å². The summed E-state index contributed by atoms with van der Waals surface area (Å²) in [7, 11) is 1.62. The molecule has 3 rings (SSSR count). The first-order chi connectivity index (χ1) is 9.69. The fourth-order valence-electron chi connectivity index (χ4n) is 2.30. The highest BCUT2D eigenvalue weighted by atomic mass is 16.5. The van der Waals surface area contributed by atoms with E-state index < -0.39 is 0 Å². The Morgan fingerprint density at radius 2 is 2.05 bits per heavy atom. The zero-order valence-corrected chi connectivity index (χ0v) is 11.4. The lowest BCUT2D eigenvalue weighted by atomic mass is 10.1. The Morgan fingerprint density at radius 1 is 1.25 bits per heavy atom. The number of aryl methyl sites for hydroxylation is 1. The van der Waals surface area contributed by atoms with Crippen molar-refractivity contribution >= 4 is 16.8 Å². The van der Waals surface area contributed by atoms with Crippen LogP contribution in [0.3, 0.4) is 0 Å². The van der Waals surface area contributed by atoms with E-state index in [1.165, 1.54) is 0 Å². The van der Waals surface area contributed by atoms with Gasteiger partial charge in [-0.3, -0.25) is 0 Å². The number of methoxy groups -OCH3 is 1. The molecule has 5 nitrogen and oxygen atoms in total. The standard InChI is InChI=1S/C15H15N3O2/c1-9-14(11-5-3-4-6-12(11)20-9)15-17-10(8-19-2)7-13(16)18-15/h3-7H,8H2,1-2H3,(H2,16,17,18). The van der Waals surface area contributed by atoms with Crippen LogP contribution in [0.5, 0.6) is 0 Å². The fraction of sp³-hybridized carbons (Fsp3) is 0.200. The third-order valence-corrected chi connectivity index (χ3v) is 3.09. The van der Waals surface area contributed by atoms with E-state index in [9.17, 15) is 0 Å².